The van der Waals surface area contributed by atoms with Gasteiger partial charge in [0.05, 0.1) is 12.3 Å². The first-order valence-corrected chi connectivity index (χ1v) is 11.8. The molecule has 0 spiro atoms. The molecule has 0 unspecified atom stereocenters. The van der Waals surface area contributed by atoms with Crippen LogP contribution in [0.2, 0.25) is 0 Å². The van der Waals surface area contributed by atoms with Crippen LogP contribution >= 0.6 is 11.8 Å². The van der Waals surface area contributed by atoms with Gasteiger partial charge in [0.15, 0.2) is 11.0 Å². The molecule has 4 rings (SSSR count). The van der Waals surface area contributed by atoms with Gasteiger partial charge in [-0.2, -0.15) is 0 Å². The van der Waals surface area contributed by atoms with Crippen LogP contribution in [-0.4, -0.2) is 26.4 Å². The Morgan fingerprint density at radius 1 is 0.879 bits per heavy atom. The molecule has 0 fully saturated rings. The normalized spacial score (nSPS) is 10.8. The Morgan fingerprint density at radius 3 is 2.33 bits per heavy atom. The number of aromatic nitrogens is 3. The van der Waals surface area contributed by atoms with Crippen molar-refractivity contribution in [2.45, 2.75) is 32.5 Å². The number of benzene rings is 3. The smallest absolute Gasteiger partial charge is 0.234 e. The maximum atomic E-state index is 12.6. The standard InChI is InChI=1S/C26H27N5OS/c1-18-9-12-21(13-10-18)27-16-24-29-30-26(31(24)23-7-5-4-6-8-23)33-17-25(32)28-22-14-11-19(2)20(3)15-22/h4-15,27H,16-17H2,1-3H3,(H,28,32). The molecule has 0 saturated heterocycles. The summed E-state index contributed by atoms with van der Waals surface area (Å²) in [5.41, 5.74) is 6.34. The lowest BCUT2D eigenvalue weighted by molar-refractivity contribution is -0.113. The van der Waals surface area contributed by atoms with Crippen molar-refractivity contribution < 1.29 is 4.79 Å². The molecule has 0 radical (unpaired) electrons. The Labute approximate surface area is 198 Å². The van der Waals surface area contributed by atoms with Gasteiger partial charge < -0.3 is 10.6 Å². The zero-order valence-corrected chi connectivity index (χ0v) is 19.8. The van der Waals surface area contributed by atoms with Crippen LogP contribution in [0.25, 0.3) is 5.69 Å². The van der Waals surface area contributed by atoms with Gasteiger partial charge in [-0.05, 0) is 68.3 Å². The Kier molecular flexibility index (Phi) is 7.10. The van der Waals surface area contributed by atoms with Crippen molar-refractivity contribution in [3.05, 3.63) is 95.3 Å². The predicted molar refractivity (Wildman–Crippen MR) is 135 cm³/mol. The van der Waals surface area contributed by atoms with Gasteiger partial charge in [-0.15, -0.1) is 10.2 Å². The molecule has 0 bridgehead atoms. The molecular formula is C26H27N5OS. The number of aryl methyl sites for hydroxylation is 3. The van der Waals surface area contributed by atoms with E-state index >= 15 is 0 Å². The largest absolute Gasteiger partial charge is 0.378 e. The fraction of sp³-hybridized carbons (Fsp3) is 0.192. The number of carbonyl (C=O) groups excluding carboxylic acids is 1. The fourth-order valence-corrected chi connectivity index (χ4v) is 4.11. The highest BCUT2D eigenvalue weighted by molar-refractivity contribution is 7.99. The lowest BCUT2D eigenvalue weighted by atomic mass is 10.1. The highest BCUT2D eigenvalue weighted by Crippen LogP contribution is 2.23. The van der Waals surface area contributed by atoms with Crippen molar-refractivity contribution in [3.63, 3.8) is 0 Å². The zero-order valence-electron chi connectivity index (χ0n) is 19.0. The van der Waals surface area contributed by atoms with Gasteiger partial charge in [-0.1, -0.05) is 53.7 Å². The first-order valence-electron chi connectivity index (χ1n) is 10.8. The summed E-state index contributed by atoms with van der Waals surface area (Å²) in [6.07, 6.45) is 0. The van der Waals surface area contributed by atoms with Crippen LogP contribution in [0, 0.1) is 20.8 Å². The molecule has 33 heavy (non-hydrogen) atoms. The number of anilines is 2. The van der Waals surface area contributed by atoms with Crippen LogP contribution in [0.5, 0.6) is 0 Å². The number of para-hydroxylation sites is 1. The minimum Gasteiger partial charge on any atom is -0.378 e. The third kappa shape index (κ3) is 5.81. The summed E-state index contributed by atoms with van der Waals surface area (Å²) in [6, 6.07) is 24.1. The third-order valence-electron chi connectivity index (χ3n) is 5.34. The van der Waals surface area contributed by atoms with E-state index in [-0.39, 0.29) is 11.7 Å². The number of amides is 1. The van der Waals surface area contributed by atoms with E-state index in [1.807, 2.05) is 72.2 Å². The summed E-state index contributed by atoms with van der Waals surface area (Å²) in [4.78, 5) is 12.6. The van der Waals surface area contributed by atoms with E-state index in [2.05, 4.69) is 46.8 Å². The Bertz CT molecular complexity index is 1240. The first-order chi connectivity index (χ1) is 16.0. The molecule has 168 valence electrons. The minimum absolute atomic E-state index is 0.0785. The second-order valence-electron chi connectivity index (χ2n) is 7.93. The number of hydrogen-bond acceptors (Lipinski definition) is 5. The molecule has 3 aromatic carbocycles. The summed E-state index contributed by atoms with van der Waals surface area (Å²) in [5, 5.41) is 15.8. The predicted octanol–water partition coefficient (Wildman–Crippen LogP) is 5.54. The third-order valence-corrected chi connectivity index (χ3v) is 6.27. The van der Waals surface area contributed by atoms with Crippen molar-refractivity contribution in [1.29, 1.82) is 0 Å². The van der Waals surface area contributed by atoms with Crippen molar-refractivity contribution in [2.24, 2.45) is 0 Å². The molecule has 6 nitrogen and oxygen atoms in total. The van der Waals surface area contributed by atoms with Crippen LogP contribution in [0.4, 0.5) is 11.4 Å². The van der Waals surface area contributed by atoms with Gasteiger partial charge >= 0.3 is 0 Å². The molecule has 7 heteroatoms. The molecule has 0 saturated carbocycles. The molecule has 1 heterocycles. The summed E-state index contributed by atoms with van der Waals surface area (Å²) in [6.45, 7) is 6.67. The highest BCUT2D eigenvalue weighted by atomic mass is 32.2. The van der Waals surface area contributed by atoms with E-state index in [1.165, 1.54) is 22.9 Å². The topological polar surface area (TPSA) is 71.8 Å². The molecule has 1 amide bonds. The van der Waals surface area contributed by atoms with Crippen molar-refractivity contribution in [2.75, 3.05) is 16.4 Å². The average molecular weight is 458 g/mol. The van der Waals surface area contributed by atoms with Crippen LogP contribution in [0.15, 0.2) is 78.0 Å². The monoisotopic (exact) mass is 457 g/mol. The second kappa shape index (κ2) is 10.4. The Balaban J connectivity index is 1.48. The number of carbonyl (C=O) groups is 1. The molecule has 0 atom stereocenters. The summed E-state index contributed by atoms with van der Waals surface area (Å²) < 4.78 is 2.00. The number of hydrogen-bond donors (Lipinski definition) is 2. The summed E-state index contributed by atoms with van der Waals surface area (Å²) >= 11 is 1.37. The van der Waals surface area contributed by atoms with Crippen molar-refractivity contribution >= 4 is 29.0 Å². The summed E-state index contributed by atoms with van der Waals surface area (Å²) in [7, 11) is 0. The maximum Gasteiger partial charge on any atom is 0.234 e. The van der Waals surface area contributed by atoms with E-state index in [4.69, 9.17) is 0 Å². The molecule has 4 aromatic rings. The van der Waals surface area contributed by atoms with Crippen LogP contribution < -0.4 is 10.6 Å². The van der Waals surface area contributed by atoms with Crippen LogP contribution in [-0.2, 0) is 11.3 Å². The zero-order chi connectivity index (χ0) is 23.2. The van der Waals surface area contributed by atoms with Gasteiger partial charge in [0.2, 0.25) is 5.91 Å². The first kappa shape index (κ1) is 22.6. The van der Waals surface area contributed by atoms with Crippen LogP contribution in [0.3, 0.4) is 0 Å². The van der Waals surface area contributed by atoms with Gasteiger partial charge in [0.25, 0.3) is 0 Å². The molecule has 2 N–H and O–H groups in total. The fourth-order valence-electron chi connectivity index (χ4n) is 3.34. The van der Waals surface area contributed by atoms with Gasteiger partial charge in [-0.25, -0.2) is 0 Å². The highest BCUT2D eigenvalue weighted by Gasteiger charge is 2.16. The van der Waals surface area contributed by atoms with Crippen molar-refractivity contribution in [3.8, 4) is 5.69 Å². The number of nitrogens with one attached hydrogen (secondary N) is 2. The molecule has 0 aliphatic rings. The van der Waals surface area contributed by atoms with E-state index < -0.39 is 0 Å². The average Bonchev–Trinajstić information content (AvgIpc) is 3.23. The Morgan fingerprint density at radius 2 is 1.61 bits per heavy atom. The van der Waals surface area contributed by atoms with Gasteiger partial charge in [0.1, 0.15) is 0 Å². The molecular weight excluding hydrogens is 430 g/mol. The number of rotatable bonds is 8. The Hall–Kier alpha value is -3.58. The lowest BCUT2D eigenvalue weighted by Crippen LogP contribution is -2.15. The number of nitrogens with zero attached hydrogens (tertiary/aromatic N) is 3. The number of thioether (sulfide) groups is 1. The summed E-state index contributed by atoms with van der Waals surface area (Å²) in [5.74, 6) is 0.938. The van der Waals surface area contributed by atoms with Gasteiger partial charge in [-0.3, -0.25) is 9.36 Å². The second-order valence-corrected chi connectivity index (χ2v) is 8.87. The van der Waals surface area contributed by atoms with Crippen molar-refractivity contribution in [1.82, 2.24) is 14.8 Å². The quantitative estimate of drug-likeness (QED) is 0.340. The van der Waals surface area contributed by atoms with E-state index in [0.29, 0.717) is 11.7 Å². The maximum absolute atomic E-state index is 12.6. The molecule has 0 aliphatic heterocycles. The van der Waals surface area contributed by atoms with E-state index in [1.54, 1.807) is 0 Å². The lowest BCUT2D eigenvalue weighted by Gasteiger charge is -2.12. The minimum atomic E-state index is -0.0785. The molecule has 1 aromatic heterocycles. The van der Waals surface area contributed by atoms with E-state index in [9.17, 15) is 4.79 Å². The molecule has 0 aliphatic carbocycles. The van der Waals surface area contributed by atoms with Gasteiger partial charge in [0, 0.05) is 17.1 Å². The SMILES string of the molecule is Cc1ccc(NCc2nnc(SCC(=O)Nc3ccc(C)c(C)c3)n2-c2ccccc2)cc1. The van der Waals surface area contributed by atoms with E-state index in [0.717, 1.165) is 28.5 Å². The van der Waals surface area contributed by atoms with Crippen LogP contribution in [0.1, 0.15) is 22.5 Å².